The lowest BCUT2D eigenvalue weighted by molar-refractivity contribution is 0.158. The van der Waals surface area contributed by atoms with E-state index < -0.39 is 7.82 Å². The molecule has 0 aliphatic heterocycles. The monoisotopic (exact) mass is 638 g/mol. The number of carbonyl (C=O) groups is 1. The first-order chi connectivity index (χ1) is 21.7. The van der Waals surface area contributed by atoms with Crippen molar-refractivity contribution in [3.63, 3.8) is 0 Å². The van der Waals surface area contributed by atoms with Crippen molar-refractivity contribution < 1.29 is 33.1 Å². The van der Waals surface area contributed by atoms with E-state index in [1.165, 1.54) is 6.33 Å². The molecule has 0 saturated heterocycles. The molecule has 5 N–H and O–H groups in total. The fourth-order valence-electron chi connectivity index (χ4n) is 4.56. The Morgan fingerprint density at radius 1 is 0.933 bits per heavy atom. The van der Waals surface area contributed by atoms with E-state index in [0.29, 0.717) is 67.7 Å². The number of rotatable bonds is 17. The van der Waals surface area contributed by atoms with E-state index in [1.54, 1.807) is 7.11 Å². The van der Waals surface area contributed by atoms with Crippen LogP contribution in [0.15, 0.2) is 73.1 Å². The number of nitrogens with one attached hydrogen (secondary N) is 3. The first kappa shape index (κ1) is 33.6. The van der Waals surface area contributed by atoms with Gasteiger partial charge in [-0.1, -0.05) is 37.3 Å². The minimum atomic E-state index is -4.47. The summed E-state index contributed by atoms with van der Waals surface area (Å²) in [6, 6.07) is 20.3. The van der Waals surface area contributed by atoms with Crippen molar-refractivity contribution in [1.29, 1.82) is 0 Å². The molecule has 13 nitrogen and oxygen atoms in total. The zero-order valence-electron chi connectivity index (χ0n) is 25.3. The molecule has 4 rings (SSSR count). The Morgan fingerprint density at radius 2 is 1.67 bits per heavy atom. The Morgan fingerprint density at radius 3 is 2.36 bits per heavy atom. The first-order valence-corrected chi connectivity index (χ1v) is 16.1. The second-order valence-electron chi connectivity index (χ2n) is 10.0. The first-order valence-electron chi connectivity index (χ1n) is 14.6. The maximum atomic E-state index is 12.2. The molecule has 3 aromatic carbocycles. The molecule has 240 valence electrons. The van der Waals surface area contributed by atoms with Crippen LogP contribution >= 0.6 is 7.82 Å². The molecule has 0 fully saturated rings. The maximum absolute atomic E-state index is 12.2. The minimum absolute atomic E-state index is 0.0486. The van der Waals surface area contributed by atoms with Crippen LogP contribution in [0, 0.1) is 0 Å². The van der Waals surface area contributed by atoms with Crippen molar-refractivity contribution in [2.45, 2.75) is 19.8 Å². The molecule has 1 heterocycles. The fourth-order valence-corrected chi connectivity index (χ4v) is 4.88. The Balaban J connectivity index is 1.27. The normalized spacial score (nSPS) is 11.4. The molecular formula is C31H39N6O7P. The number of aromatic nitrogens is 2. The number of likely N-dealkylation sites (N-methyl/N-ethyl adjacent to an activating group) is 1. The molecule has 14 heteroatoms. The van der Waals surface area contributed by atoms with Crippen molar-refractivity contribution in [3.05, 3.63) is 78.6 Å². The number of nitrogens with zero attached hydrogens (tertiary/aromatic N) is 3. The highest BCUT2D eigenvalue weighted by Crippen LogP contribution is 2.35. The zero-order chi connectivity index (χ0) is 32.1. The lowest BCUT2D eigenvalue weighted by Crippen LogP contribution is -2.29. The summed E-state index contributed by atoms with van der Waals surface area (Å²) in [5.41, 5.74) is 3.22. The van der Waals surface area contributed by atoms with Crippen LogP contribution in [0.25, 0.3) is 10.9 Å². The smallest absolute Gasteiger partial charge is 0.469 e. The molecule has 1 aromatic heterocycles. The van der Waals surface area contributed by atoms with Crippen LogP contribution < -0.4 is 25.4 Å². The average Bonchev–Trinajstić information content (AvgIpc) is 3.02. The lowest BCUT2D eigenvalue weighted by atomic mass is 10.1. The third-order valence-electron chi connectivity index (χ3n) is 6.86. The third kappa shape index (κ3) is 11.0. The number of ether oxygens (including phenoxy) is 2. The van der Waals surface area contributed by atoms with Gasteiger partial charge < -0.3 is 40.1 Å². The number of para-hydroxylation sites is 1. The summed E-state index contributed by atoms with van der Waals surface area (Å²) in [6.45, 7) is 4.76. The van der Waals surface area contributed by atoms with E-state index in [2.05, 4.69) is 30.4 Å². The standard InChI is InChI=1S/C31H39N6O7P/c1-3-37(17-19-44-45(39,40)41)16-7-18-43-29-21-27-26(20-28(29)42-2)30(34-22-33-27)32-15-14-23-10-12-25(13-11-23)36-31(38)35-24-8-5-4-6-9-24/h4-6,8-13,20-22H,3,7,14-19H2,1-2H3,(H,32,33,34)(H2,35,36,38)(H2,39,40,41). The summed E-state index contributed by atoms with van der Waals surface area (Å²) in [4.78, 5) is 40.8. The summed E-state index contributed by atoms with van der Waals surface area (Å²) in [7, 11) is -2.89. The minimum Gasteiger partial charge on any atom is -0.493 e. The highest BCUT2D eigenvalue weighted by atomic mass is 31.2. The third-order valence-corrected chi connectivity index (χ3v) is 7.38. The van der Waals surface area contributed by atoms with Crippen LogP contribution in [-0.4, -0.2) is 77.2 Å². The van der Waals surface area contributed by atoms with Crippen molar-refractivity contribution in [2.75, 3.05) is 62.5 Å². The van der Waals surface area contributed by atoms with Crippen LogP contribution in [0.5, 0.6) is 11.5 Å². The summed E-state index contributed by atoms with van der Waals surface area (Å²) in [6.07, 6.45) is 2.93. The van der Waals surface area contributed by atoms with Gasteiger partial charge in [0.25, 0.3) is 0 Å². The van der Waals surface area contributed by atoms with Crippen LogP contribution in [0.2, 0.25) is 0 Å². The topological polar surface area (TPSA) is 167 Å². The Hall–Kier alpha value is -4.26. The molecule has 0 atom stereocenters. The van der Waals surface area contributed by atoms with Gasteiger partial charge in [0.15, 0.2) is 11.5 Å². The number of amides is 2. The number of phosphoric ester groups is 1. The van der Waals surface area contributed by atoms with Gasteiger partial charge in [-0.25, -0.2) is 19.3 Å². The van der Waals surface area contributed by atoms with Crippen molar-refractivity contribution in [2.24, 2.45) is 0 Å². The maximum Gasteiger partial charge on any atom is 0.469 e. The van der Waals surface area contributed by atoms with Crippen LogP contribution in [0.1, 0.15) is 18.9 Å². The zero-order valence-corrected chi connectivity index (χ0v) is 26.2. The van der Waals surface area contributed by atoms with Crippen LogP contribution in [0.3, 0.4) is 0 Å². The summed E-state index contributed by atoms with van der Waals surface area (Å²) < 4.78 is 27.0. The average molecular weight is 639 g/mol. The van der Waals surface area contributed by atoms with E-state index >= 15 is 0 Å². The second kappa shape index (κ2) is 16.7. The number of carbonyl (C=O) groups excluding carboxylic acids is 1. The molecule has 0 spiro atoms. The molecular weight excluding hydrogens is 599 g/mol. The lowest BCUT2D eigenvalue weighted by Gasteiger charge is -2.20. The molecule has 0 aliphatic carbocycles. The van der Waals surface area contributed by atoms with E-state index in [0.717, 1.165) is 23.1 Å². The van der Waals surface area contributed by atoms with E-state index in [9.17, 15) is 9.36 Å². The van der Waals surface area contributed by atoms with Gasteiger partial charge in [-0.3, -0.25) is 4.52 Å². The number of anilines is 3. The molecule has 0 aliphatic rings. The van der Waals surface area contributed by atoms with Gasteiger partial charge in [0.05, 0.1) is 25.8 Å². The molecule has 0 saturated carbocycles. The molecule has 0 radical (unpaired) electrons. The second-order valence-corrected chi connectivity index (χ2v) is 11.3. The molecule has 0 unspecified atom stereocenters. The van der Waals surface area contributed by atoms with E-state index in [4.69, 9.17) is 19.3 Å². The van der Waals surface area contributed by atoms with Crippen LogP contribution in [-0.2, 0) is 15.5 Å². The molecule has 4 aromatic rings. The van der Waals surface area contributed by atoms with Gasteiger partial charge in [0.1, 0.15) is 12.1 Å². The number of phosphoric acid groups is 1. The summed E-state index contributed by atoms with van der Waals surface area (Å²) in [5.74, 6) is 1.80. The number of hydrogen-bond donors (Lipinski definition) is 5. The van der Waals surface area contributed by atoms with Gasteiger partial charge in [0.2, 0.25) is 0 Å². The van der Waals surface area contributed by atoms with Gasteiger partial charge >= 0.3 is 13.9 Å². The highest BCUT2D eigenvalue weighted by molar-refractivity contribution is 7.46. The summed E-state index contributed by atoms with van der Waals surface area (Å²) in [5, 5.41) is 9.82. The number of benzene rings is 3. The SMILES string of the molecule is CCN(CCCOc1cc2ncnc(NCCc3ccc(NC(=O)Nc4ccccc4)cc3)c2cc1OC)CCOP(=O)(O)O. The molecule has 45 heavy (non-hydrogen) atoms. The Labute approximate surface area is 262 Å². The van der Waals surface area contributed by atoms with Gasteiger partial charge in [-0.15, -0.1) is 0 Å². The van der Waals surface area contributed by atoms with Crippen molar-refractivity contribution in [1.82, 2.24) is 14.9 Å². The number of hydrogen-bond acceptors (Lipinski definition) is 9. The molecule has 2 amide bonds. The fraction of sp³-hybridized carbons (Fsp3) is 0.323. The predicted molar refractivity (Wildman–Crippen MR) is 174 cm³/mol. The predicted octanol–water partition coefficient (Wildman–Crippen LogP) is 5.14. The van der Waals surface area contributed by atoms with Gasteiger partial charge in [-0.2, -0.15) is 0 Å². The van der Waals surface area contributed by atoms with E-state index in [1.807, 2.05) is 78.6 Å². The van der Waals surface area contributed by atoms with Crippen LogP contribution in [0.4, 0.5) is 22.0 Å². The van der Waals surface area contributed by atoms with Crippen molar-refractivity contribution in [3.8, 4) is 11.5 Å². The van der Waals surface area contributed by atoms with Gasteiger partial charge in [0, 0.05) is 42.5 Å². The number of urea groups is 1. The largest absolute Gasteiger partial charge is 0.493 e. The van der Waals surface area contributed by atoms with Gasteiger partial charge in [-0.05, 0) is 55.3 Å². The molecule has 0 bridgehead atoms. The highest BCUT2D eigenvalue weighted by Gasteiger charge is 2.15. The number of methoxy groups -OCH3 is 1. The number of fused-ring (bicyclic) bond motifs is 1. The summed E-state index contributed by atoms with van der Waals surface area (Å²) >= 11 is 0. The quantitative estimate of drug-likeness (QED) is 0.0768. The Kier molecular flexibility index (Phi) is 12.5. The van der Waals surface area contributed by atoms with E-state index in [-0.39, 0.29) is 12.6 Å². The Bertz CT molecular complexity index is 1570. The van der Waals surface area contributed by atoms with Crippen molar-refractivity contribution >= 4 is 41.9 Å².